The fourth-order valence-electron chi connectivity index (χ4n) is 6.00. The van der Waals surface area contributed by atoms with E-state index in [0.29, 0.717) is 37.0 Å². The molecule has 49 heavy (non-hydrogen) atoms. The van der Waals surface area contributed by atoms with Gasteiger partial charge < -0.3 is 29.0 Å². The Morgan fingerprint density at radius 3 is 2.51 bits per heavy atom. The number of amides is 1. The molecule has 0 aliphatic carbocycles. The minimum Gasteiger partial charge on any atom is -0.490 e. The van der Waals surface area contributed by atoms with E-state index in [1.54, 1.807) is 24.0 Å². The molecule has 1 amide bonds. The molecule has 2 N–H and O–H groups in total. The summed E-state index contributed by atoms with van der Waals surface area (Å²) in [6, 6.07) is 15.9. The number of benzene rings is 3. The molecule has 0 unspecified atom stereocenters. The van der Waals surface area contributed by atoms with Gasteiger partial charge in [-0.05, 0) is 100 Å². The van der Waals surface area contributed by atoms with E-state index in [2.05, 4.69) is 9.62 Å². The Morgan fingerprint density at radius 1 is 1.02 bits per heavy atom. The standard InChI is InChI=1S/C36H46ClN3O8S/c1-24-19-40(25(2)22-41)36(42)31-18-29(38-49(43,44)30-12-9-28(37)10-13-30)11-15-32(31)48-26(3)7-5-6-16-45-35(24)21-39(4)20-27-8-14-33-34(17-27)47-23-46-33/h8-15,17-18,24-26,35,38,41H,5-7,16,19-23H2,1-4H3/t24-,25-,26+,35-/m0/s1. The fraction of sp³-hybridized carbons (Fsp3) is 0.472. The number of ether oxygens (including phenoxy) is 4. The van der Waals surface area contributed by atoms with Crippen molar-refractivity contribution in [1.82, 2.24) is 9.80 Å². The van der Waals surface area contributed by atoms with Gasteiger partial charge in [0.1, 0.15) is 5.75 Å². The highest BCUT2D eigenvalue weighted by Gasteiger charge is 2.31. The summed E-state index contributed by atoms with van der Waals surface area (Å²) < 4.78 is 52.8. The van der Waals surface area contributed by atoms with Gasteiger partial charge in [-0.15, -0.1) is 0 Å². The Hall–Kier alpha value is -3.55. The van der Waals surface area contributed by atoms with E-state index in [1.807, 2.05) is 39.1 Å². The van der Waals surface area contributed by atoms with Crippen LogP contribution < -0.4 is 18.9 Å². The second-order valence-electron chi connectivity index (χ2n) is 13.0. The quantitative estimate of drug-likeness (QED) is 0.283. The zero-order valence-electron chi connectivity index (χ0n) is 28.4. The fourth-order valence-corrected chi connectivity index (χ4v) is 7.17. The van der Waals surface area contributed by atoms with Crippen LogP contribution in [0, 0.1) is 5.92 Å². The molecule has 0 saturated heterocycles. The lowest BCUT2D eigenvalue weighted by Crippen LogP contribution is -2.47. The van der Waals surface area contributed by atoms with E-state index in [4.69, 9.17) is 30.5 Å². The molecule has 4 atom stereocenters. The summed E-state index contributed by atoms with van der Waals surface area (Å²) in [7, 11) is -1.94. The lowest BCUT2D eigenvalue weighted by Gasteiger charge is -2.36. The number of fused-ring (bicyclic) bond motifs is 2. The molecule has 0 bridgehead atoms. The van der Waals surface area contributed by atoms with Crippen molar-refractivity contribution in [3.8, 4) is 17.2 Å². The summed E-state index contributed by atoms with van der Waals surface area (Å²) in [6.45, 7) is 7.87. The Morgan fingerprint density at radius 2 is 1.76 bits per heavy atom. The summed E-state index contributed by atoms with van der Waals surface area (Å²) in [6.07, 6.45) is 2.02. The number of sulfonamides is 1. The Balaban J connectivity index is 1.40. The molecule has 2 aliphatic heterocycles. The van der Waals surface area contributed by atoms with Crippen LogP contribution in [0.25, 0.3) is 0 Å². The first-order chi connectivity index (χ1) is 23.4. The van der Waals surface area contributed by atoms with E-state index in [1.165, 1.54) is 30.3 Å². The molecular weight excluding hydrogens is 670 g/mol. The van der Waals surface area contributed by atoms with Gasteiger partial charge in [-0.1, -0.05) is 24.6 Å². The van der Waals surface area contributed by atoms with Crippen molar-refractivity contribution in [2.24, 2.45) is 5.92 Å². The van der Waals surface area contributed by atoms with Crippen molar-refractivity contribution in [2.75, 3.05) is 44.9 Å². The third-order valence-corrected chi connectivity index (χ3v) is 10.5. The minimum atomic E-state index is -3.97. The second-order valence-corrected chi connectivity index (χ2v) is 15.1. The molecule has 2 heterocycles. The van der Waals surface area contributed by atoms with Crippen LogP contribution in [-0.4, -0.2) is 87.6 Å². The van der Waals surface area contributed by atoms with Crippen LogP contribution in [0.2, 0.25) is 5.02 Å². The molecule has 3 aromatic carbocycles. The average molecular weight is 716 g/mol. The molecule has 13 heteroatoms. The van der Waals surface area contributed by atoms with E-state index in [9.17, 15) is 18.3 Å². The maximum Gasteiger partial charge on any atom is 0.261 e. The largest absolute Gasteiger partial charge is 0.490 e. The number of hydrogen-bond acceptors (Lipinski definition) is 9. The van der Waals surface area contributed by atoms with Gasteiger partial charge >= 0.3 is 0 Å². The van der Waals surface area contributed by atoms with Crippen molar-refractivity contribution in [1.29, 1.82) is 0 Å². The molecule has 266 valence electrons. The molecular formula is C36H46ClN3O8S. The van der Waals surface area contributed by atoms with Gasteiger partial charge in [-0.3, -0.25) is 14.4 Å². The monoisotopic (exact) mass is 715 g/mol. The highest BCUT2D eigenvalue weighted by atomic mass is 35.5. The number of carbonyl (C=O) groups is 1. The number of anilines is 1. The average Bonchev–Trinajstić information content (AvgIpc) is 3.54. The van der Waals surface area contributed by atoms with Crippen molar-refractivity contribution < 1.29 is 37.3 Å². The van der Waals surface area contributed by atoms with Crippen LogP contribution >= 0.6 is 11.6 Å². The number of nitrogens with zero attached hydrogens (tertiary/aromatic N) is 2. The van der Waals surface area contributed by atoms with Crippen molar-refractivity contribution in [3.63, 3.8) is 0 Å². The highest BCUT2D eigenvalue weighted by molar-refractivity contribution is 7.92. The second kappa shape index (κ2) is 16.4. The maximum atomic E-state index is 14.4. The number of nitrogens with one attached hydrogen (secondary N) is 1. The lowest BCUT2D eigenvalue weighted by atomic mass is 10.0. The number of rotatable bonds is 9. The van der Waals surface area contributed by atoms with Gasteiger partial charge in [0.05, 0.1) is 35.3 Å². The summed E-state index contributed by atoms with van der Waals surface area (Å²) in [5.74, 6) is 1.33. The summed E-state index contributed by atoms with van der Waals surface area (Å²) in [4.78, 5) is 18.3. The van der Waals surface area contributed by atoms with Gasteiger partial charge in [0, 0.05) is 42.9 Å². The first kappa shape index (κ1) is 36.7. The topological polar surface area (TPSA) is 127 Å². The normalized spacial score (nSPS) is 21.1. The molecule has 3 aromatic rings. The zero-order valence-corrected chi connectivity index (χ0v) is 30.0. The molecule has 5 rings (SSSR count). The predicted octanol–water partition coefficient (Wildman–Crippen LogP) is 5.80. The van der Waals surface area contributed by atoms with Gasteiger partial charge in [-0.2, -0.15) is 0 Å². The molecule has 0 spiro atoms. The van der Waals surface area contributed by atoms with Gasteiger partial charge in [0.2, 0.25) is 6.79 Å². The van der Waals surface area contributed by atoms with Crippen LogP contribution in [0.1, 0.15) is 56.0 Å². The van der Waals surface area contributed by atoms with E-state index in [0.717, 1.165) is 36.3 Å². The van der Waals surface area contributed by atoms with Crippen molar-refractivity contribution >= 4 is 33.2 Å². The van der Waals surface area contributed by atoms with Crippen LogP contribution in [-0.2, 0) is 21.3 Å². The van der Waals surface area contributed by atoms with Crippen molar-refractivity contribution in [3.05, 3.63) is 76.8 Å². The van der Waals surface area contributed by atoms with Gasteiger partial charge in [-0.25, -0.2) is 8.42 Å². The molecule has 0 aromatic heterocycles. The number of carbonyl (C=O) groups excluding carboxylic acids is 1. The molecule has 0 fully saturated rings. The number of aliphatic hydroxyl groups is 1. The number of hydrogen-bond donors (Lipinski definition) is 2. The smallest absolute Gasteiger partial charge is 0.261 e. The van der Waals surface area contributed by atoms with Gasteiger partial charge in [0.15, 0.2) is 11.5 Å². The number of likely N-dealkylation sites (N-methyl/N-ethyl adjacent to an activating group) is 1. The van der Waals surface area contributed by atoms with Crippen molar-refractivity contribution in [2.45, 2.75) is 69.7 Å². The molecule has 0 saturated carbocycles. The van der Waals surface area contributed by atoms with Crippen LogP contribution in [0.3, 0.4) is 0 Å². The first-order valence-corrected chi connectivity index (χ1v) is 18.5. The predicted molar refractivity (Wildman–Crippen MR) is 188 cm³/mol. The molecule has 11 nitrogen and oxygen atoms in total. The molecule has 2 aliphatic rings. The SMILES string of the molecule is C[C@@H]1CCCCO[C@@H](CN(C)Cc2ccc3c(c2)OCO3)[C@@H](C)CN([C@@H](C)CO)C(=O)c2cc(NS(=O)(=O)c3ccc(Cl)cc3)ccc2O1. The lowest BCUT2D eigenvalue weighted by molar-refractivity contribution is -0.0177. The van der Waals surface area contributed by atoms with Crippen LogP contribution in [0.4, 0.5) is 5.69 Å². The Kier molecular flexibility index (Phi) is 12.3. The third-order valence-electron chi connectivity index (χ3n) is 8.81. The third kappa shape index (κ3) is 9.58. The molecule has 0 radical (unpaired) electrons. The summed E-state index contributed by atoms with van der Waals surface area (Å²) in [5.41, 5.74) is 1.49. The van der Waals surface area contributed by atoms with E-state index < -0.39 is 16.1 Å². The van der Waals surface area contributed by atoms with Gasteiger partial charge in [0.25, 0.3) is 15.9 Å². The van der Waals surface area contributed by atoms with E-state index in [-0.39, 0.29) is 53.6 Å². The van der Waals surface area contributed by atoms with E-state index >= 15 is 0 Å². The first-order valence-electron chi connectivity index (χ1n) is 16.6. The number of halogens is 1. The van der Waals surface area contributed by atoms with Crippen LogP contribution in [0.5, 0.6) is 17.2 Å². The zero-order chi connectivity index (χ0) is 35.1. The maximum absolute atomic E-state index is 14.4. The Bertz CT molecular complexity index is 1690. The number of aliphatic hydroxyl groups excluding tert-OH is 1. The van der Waals surface area contributed by atoms with Crippen LogP contribution in [0.15, 0.2) is 65.6 Å². The summed E-state index contributed by atoms with van der Waals surface area (Å²) >= 11 is 5.96. The summed E-state index contributed by atoms with van der Waals surface area (Å²) in [5, 5.41) is 10.7. The Labute approximate surface area is 294 Å². The minimum absolute atomic E-state index is 0.0343. The highest BCUT2D eigenvalue weighted by Crippen LogP contribution is 2.33.